The maximum absolute atomic E-state index is 12.2. The Kier molecular flexibility index (Phi) is 5.79. The van der Waals surface area contributed by atoms with Crippen molar-refractivity contribution in [3.8, 4) is 0 Å². The third kappa shape index (κ3) is 4.19. The van der Waals surface area contributed by atoms with Crippen LogP contribution in [-0.2, 0) is 5.41 Å². The SMILES string of the molecule is CCCCSC[C@H]1CNC(=O)N1c1ccc(C(C)(C)C)cc1. The minimum absolute atomic E-state index is 0.0320. The van der Waals surface area contributed by atoms with E-state index >= 15 is 0 Å². The molecule has 1 N–H and O–H groups in total. The highest BCUT2D eigenvalue weighted by atomic mass is 32.2. The van der Waals surface area contributed by atoms with E-state index in [0.29, 0.717) is 0 Å². The van der Waals surface area contributed by atoms with Crippen LogP contribution < -0.4 is 10.2 Å². The number of thioether (sulfide) groups is 1. The Labute approximate surface area is 138 Å². The fourth-order valence-corrected chi connectivity index (χ4v) is 3.80. The van der Waals surface area contributed by atoms with Gasteiger partial charge in [0.2, 0.25) is 0 Å². The first-order valence-electron chi connectivity index (χ1n) is 8.19. The summed E-state index contributed by atoms with van der Waals surface area (Å²) in [5, 5.41) is 2.98. The van der Waals surface area contributed by atoms with Crippen LogP contribution in [0.2, 0.25) is 0 Å². The van der Waals surface area contributed by atoms with E-state index in [1.807, 2.05) is 16.7 Å². The van der Waals surface area contributed by atoms with Gasteiger partial charge in [-0.25, -0.2) is 4.79 Å². The molecular formula is C18H28N2OS. The Hall–Kier alpha value is -1.16. The van der Waals surface area contributed by atoms with E-state index in [9.17, 15) is 4.79 Å². The van der Waals surface area contributed by atoms with Gasteiger partial charge in [-0.2, -0.15) is 11.8 Å². The lowest BCUT2D eigenvalue weighted by molar-refractivity contribution is 0.252. The zero-order chi connectivity index (χ0) is 16.2. The molecule has 1 aromatic rings. The smallest absolute Gasteiger partial charge is 0.322 e. The molecule has 22 heavy (non-hydrogen) atoms. The number of benzene rings is 1. The van der Waals surface area contributed by atoms with E-state index in [-0.39, 0.29) is 17.5 Å². The van der Waals surface area contributed by atoms with Gasteiger partial charge in [0.15, 0.2) is 0 Å². The van der Waals surface area contributed by atoms with Crippen molar-refractivity contribution in [1.29, 1.82) is 0 Å². The van der Waals surface area contributed by atoms with Crippen molar-refractivity contribution in [3.05, 3.63) is 29.8 Å². The second-order valence-corrected chi connectivity index (χ2v) is 8.09. The number of rotatable bonds is 6. The highest BCUT2D eigenvalue weighted by Gasteiger charge is 2.31. The zero-order valence-corrected chi connectivity index (χ0v) is 15.0. The van der Waals surface area contributed by atoms with Gasteiger partial charge in [-0.1, -0.05) is 46.2 Å². The first kappa shape index (κ1) is 17.2. The van der Waals surface area contributed by atoms with Gasteiger partial charge in [-0.3, -0.25) is 4.90 Å². The van der Waals surface area contributed by atoms with Gasteiger partial charge in [0, 0.05) is 18.0 Å². The molecule has 0 saturated carbocycles. The van der Waals surface area contributed by atoms with Crippen molar-refractivity contribution in [1.82, 2.24) is 5.32 Å². The third-order valence-electron chi connectivity index (χ3n) is 4.04. The lowest BCUT2D eigenvalue weighted by Crippen LogP contribution is -2.35. The Bertz CT molecular complexity index is 493. The lowest BCUT2D eigenvalue weighted by atomic mass is 9.87. The summed E-state index contributed by atoms with van der Waals surface area (Å²) in [4.78, 5) is 14.1. The average molecular weight is 321 g/mol. The molecule has 0 aliphatic carbocycles. The first-order chi connectivity index (χ1) is 10.4. The molecule has 0 bridgehead atoms. The van der Waals surface area contributed by atoms with E-state index in [1.165, 1.54) is 24.2 Å². The number of hydrogen-bond donors (Lipinski definition) is 1. The topological polar surface area (TPSA) is 32.3 Å². The Balaban J connectivity index is 2.05. The largest absolute Gasteiger partial charge is 0.336 e. The normalized spacial score (nSPS) is 18.6. The molecule has 1 aromatic carbocycles. The van der Waals surface area contributed by atoms with Crippen molar-refractivity contribution in [2.75, 3.05) is 23.0 Å². The summed E-state index contributed by atoms with van der Waals surface area (Å²) in [6.45, 7) is 9.58. The summed E-state index contributed by atoms with van der Waals surface area (Å²) in [7, 11) is 0. The molecule has 4 heteroatoms. The summed E-state index contributed by atoms with van der Waals surface area (Å²) in [5.41, 5.74) is 2.44. The molecule has 1 atom stereocenters. The van der Waals surface area contributed by atoms with Gasteiger partial charge in [-0.15, -0.1) is 0 Å². The van der Waals surface area contributed by atoms with E-state index < -0.39 is 0 Å². The summed E-state index contributed by atoms with van der Waals surface area (Å²) in [5.74, 6) is 2.18. The molecule has 1 saturated heterocycles. The number of carbonyl (C=O) groups excluding carboxylic acids is 1. The summed E-state index contributed by atoms with van der Waals surface area (Å²) >= 11 is 1.95. The van der Waals surface area contributed by atoms with Crippen molar-refractivity contribution >= 4 is 23.5 Å². The van der Waals surface area contributed by atoms with Crippen molar-refractivity contribution in [2.24, 2.45) is 0 Å². The van der Waals surface area contributed by atoms with Gasteiger partial charge < -0.3 is 5.32 Å². The monoisotopic (exact) mass is 320 g/mol. The molecular weight excluding hydrogens is 292 g/mol. The van der Waals surface area contributed by atoms with Gasteiger partial charge in [0.05, 0.1) is 6.04 Å². The minimum atomic E-state index is 0.0320. The number of nitrogens with zero attached hydrogens (tertiary/aromatic N) is 1. The van der Waals surface area contributed by atoms with Gasteiger partial charge in [0.1, 0.15) is 0 Å². The van der Waals surface area contributed by atoms with Crippen molar-refractivity contribution < 1.29 is 4.79 Å². The Morgan fingerprint density at radius 1 is 1.27 bits per heavy atom. The van der Waals surface area contributed by atoms with E-state index in [4.69, 9.17) is 0 Å². The molecule has 0 spiro atoms. The van der Waals surface area contributed by atoms with Crippen LogP contribution in [0, 0.1) is 0 Å². The van der Waals surface area contributed by atoms with Crippen LogP contribution in [0.15, 0.2) is 24.3 Å². The van der Waals surface area contributed by atoms with E-state index in [2.05, 4.69) is 57.3 Å². The predicted molar refractivity (Wildman–Crippen MR) is 97.0 cm³/mol. The Morgan fingerprint density at radius 3 is 2.55 bits per heavy atom. The maximum atomic E-state index is 12.2. The molecule has 1 aliphatic heterocycles. The molecule has 1 aliphatic rings. The number of hydrogen-bond acceptors (Lipinski definition) is 2. The number of nitrogens with one attached hydrogen (secondary N) is 1. The number of urea groups is 1. The zero-order valence-electron chi connectivity index (χ0n) is 14.2. The third-order valence-corrected chi connectivity index (χ3v) is 5.23. The van der Waals surface area contributed by atoms with E-state index in [1.54, 1.807) is 0 Å². The second kappa shape index (κ2) is 7.40. The molecule has 2 rings (SSSR count). The van der Waals surface area contributed by atoms with Gasteiger partial charge >= 0.3 is 6.03 Å². The predicted octanol–water partition coefficient (Wildman–Crippen LogP) is 4.42. The van der Waals surface area contributed by atoms with Crippen LogP contribution in [0.5, 0.6) is 0 Å². The molecule has 2 amide bonds. The first-order valence-corrected chi connectivity index (χ1v) is 9.34. The van der Waals surface area contributed by atoms with Crippen molar-refractivity contribution in [3.63, 3.8) is 0 Å². The van der Waals surface area contributed by atoms with Gasteiger partial charge in [-0.05, 0) is 35.3 Å². The molecule has 122 valence electrons. The number of carbonyl (C=O) groups is 1. The van der Waals surface area contributed by atoms with E-state index in [0.717, 1.165) is 18.0 Å². The molecule has 0 unspecified atom stereocenters. The average Bonchev–Trinajstić information content (AvgIpc) is 2.84. The Morgan fingerprint density at radius 2 is 1.95 bits per heavy atom. The highest BCUT2D eigenvalue weighted by molar-refractivity contribution is 7.99. The quantitative estimate of drug-likeness (QED) is 0.787. The maximum Gasteiger partial charge on any atom is 0.322 e. The van der Waals surface area contributed by atoms with Crippen LogP contribution in [-0.4, -0.2) is 30.1 Å². The van der Waals surface area contributed by atoms with Crippen LogP contribution in [0.3, 0.4) is 0 Å². The molecule has 0 aromatic heterocycles. The lowest BCUT2D eigenvalue weighted by Gasteiger charge is -2.25. The van der Waals surface area contributed by atoms with Gasteiger partial charge in [0.25, 0.3) is 0 Å². The highest BCUT2D eigenvalue weighted by Crippen LogP contribution is 2.27. The summed E-state index contributed by atoms with van der Waals surface area (Å²) in [6.07, 6.45) is 2.48. The fraction of sp³-hybridized carbons (Fsp3) is 0.611. The molecule has 0 radical (unpaired) electrons. The summed E-state index contributed by atoms with van der Waals surface area (Å²) in [6, 6.07) is 8.73. The number of anilines is 1. The number of unbranched alkanes of at least 4 members (excludes halogenated alkanes) is 1. The van der Waals surface area contributed by atoms with Crippen molar-refractivity contribution in [2.45, 2.75) is 52.0 Å². The van der Waals surface area contributed by atoms with Crippen LogP contribution in [0.25, 0.3) is 0 Å². The second-order valence-electron chi connectivity index (χ2n) is 6.94. The van der Waals surface area contributed by atoms with Crippen LogP contribution >= 0.6 is 11.8 Å². The molecule has 3 nitrogen and oxygen atoms in total. The summed E-state index contributed by atoms with van der Waals surface area (Å²) < 4.78 is 0. The standard InChI is InChI=1S/C18H28N2OS/c1-5-6-11-22-13-16-12-19-17(21)20(16)15-9-7-14(8-10-15)18(2,3)4/h7-10,16H,5-6,11-13H2,1-4H3,(H,19,21)/t16-/m1/s1. The molecule has 1 heterocycles. The number of amides is 2. The molecule has 1 fully saturated rings. The fourth-order valence-electron chi connectivity index (χ4n) is 2.60. The van der Waals surface area contributed by atoms with Crippen LogP contribution in [0.1, 0.15) is 46.1 Å². The van der Waals surface area contributed by atoms with Crippen LogP contribution in [0.4, 0.5) is 10.5 Å². The minimum Gasteiger partial charge on any atom is -0.336 e.